The second kappa shape index (κ2) is 6.13. The van der Waals surface area contributed by atoms with Crippen LogP contribution in [0.5, 0.6) is 0 Å². The summed E-state index contributed by atoms with van der Waals surface area (Å²) in [6, 6.07) is 1.15. The third kappa shape index (κ3) is 4.30. The maximum absolute atomic E-state index is 11.5. The molecule has 1 N–H and O–H groups in total. The lowest BCUT2D eigenvalue weighted by Crippen LogP contribution is -2.28. The summed E-state index contributed by atoms with van der Waals surface area (Å²) in [6.07, 6.45) is 1.05. The highest BCUT2D eigenvalue weighted by Gasteiger charge is 2.14. The average molecular weight is 309 g/mol. The maximum atomic E-state index is 11.5. The van der Waals surface area contributed by atoms with E-state index in [9.17, 15) is 18.5 Å². The first kappa shape index (κ1) is 15.6. The van der Waals surface area contributed by atoms with Gasteiger partial charge >= 0.3 is 0 Å². The molecular formula is C9H13ClN4O4S. The van der Waals surface area contributed by atoms with Crippen LogP contribution < -0.4 is 5.32 Å². The van der Waals surface area contributed by atoms with Gasteiger partial charge in [-0.25, -0.2) is 17.7 Å². The summed E-state index contributed by atoms with van der Waals surface area (Å²) < 4.78 is 24.1. The topological polar surface area (TPSA) is 105 Å². The molecule has 19 heavy (non-hydrogen) atoms. The molecule has 1 heterocycles. The molecule has 0 saturated heterocycles. The van der Waals surface area contributed by atoms with Crippen molar-refractivity contribution in [1.82, 2.24) is 9.29 Å². The highest BCUT2D eigenvalue weighted by Crippen LogP contribution is 2.23. The van der Waals surface area contributed by atoms with E-state index in [0.717, 1.165) is 16.6 Å². The summed E-state index contributed by atoms with van der Waals surface area (Å²) in [5.41, 5.74) is -0.225. The van der Waals surface area contributed by atoms with Crippen LogP contribution in [0.15, 0.2) is 12.3 Å². The molecule has 0 radical (unpaired) electrons. The second-order valence-electron chi connectivity index (χ2n) is 3.81. The van der Waals surface area contributed by atoms with Crippen LogP contribution in [0.2, 0.25) is 5.02 Å². The fourth-order valence-electron chi connectivity index (χ4n) is 1.14. The molecule has 0 fully saturated rings. The normalized spacial score (nSPS) is 11.6. The lowest BCUT2D eigenvalue weighted by molar-refractivity contribution is -0.385. The fraction of sp³-hybridized carbons (Fsp3) is 0.444. The minimum absolute atomic E-state index is 0.0662. The van der Waals surface area contributed by atoms with Gasteiger partial charge in [0, 0.05) is 26.7 Å². The fourth-order valence-corrected chi connectivity index (χ4v) is 2.09. The Morgan fingerprint density at radius 2 is 2.16 bits per heavy atom. The largest absolute Gasteiger partial charge is 0.368 e. The van der Waals surface area contributed by atoms with Crippen molar-refractivity contribution >= 4 is 33.1 Å². The summed E-state index contributed by atoms with van der Waals surface area (Å²) >= 11 is 5.80. The van der Waals surface area contributed by atoms with E-state index in [2.05, 4.69) is 10.3 Å². The molecule has 106 valence electrons. The first-order valence-electron chi connectivity index (χ1n) is 5.18. The van der Waals surface area contributed by atoms with Gasteiger partial charge in [0.1, 0.15) is 12.0 Å². The summed E-state index contributed by atoms with van der Waals surface area (Å²) in [5, 5.41) is 13.3. The average Bonchev–Trinajstić information content (AvgIpc) is 2.30. The van der Waals surface area contributed by atoms with Gasteiger partial charge in [0.15, 0.2) is 0 Å². The van der Waals surface area contributed by atoms with E-state index in [-0.39, 0.29) is 28.8 Å². The molecule has 8 nitrogen and oxygen atoms in total. The van der Waals surface area contributed by atoms with Crippen molar-refractivity contribution in [2.75, 3.05) is 31.7 Å². The van der Waals surface area contributed by atoms with Crippen LogP contribution in [-0.4, -0.2) is 49.0 Å². The predicted molar refractivity (Wildman–Crippen MR) is 71.9 cm³/mol. The van der Waals surface area contributed by atoms with Crippen LogP contribution in [0.4, 0.5) is 11.5 Å². The van der Waals surface area contributed by atoms with Gasteiger partial charge in [0.25, 0.3) is 5.69 Å². The minimum atomic E-state index is -3.31. The number of sulfonamides is 1. The monoisotopic (exact) mass is 308 g/mol. The zero-order valence-electron chi connectivity index (χ0n) is 10.3. The summed E-state index contributed by atoms with van der Waals surface area (Å²) in [7, 11) is -0.437. The van der Waals surface area contributed by atoms with Gasteiger partial charge in [-0.1, -0.05) is 11.6 Å². The molecule has 1 aromatic rings. The van der Waals surface area contributed by atoms with Crippen molar-refractivity contribution in [2.24, 2.45) is 0 Å². The van der Waals surface area contributed by atoms with Gasteiger partial charge in [-0.3, -0.25) is 10.1 Å². The number of nitro groups is 1. The zero-order chi connectivity index (χ0) is 14.6. The van der Waals surface area contributed by atoms with Crippen molar-refractivity contribution in [3.63, 3.8) is 0 Å². The number of hydrogen-bond acceptors (Lipinski definition) is 6. The molecule has 0 aliphatic heterocycles. The Kier molecular flexibility index (Phi) is 5.04. The summed E-state index contributed by atoms with van der Waals surface area (Å²) in [6.45, 7) is 0.102. The molecule has 1 rings (SSSR count). The van der Waals surface area contributed by atoms with Crippen LogP contribution >= 0.6 is 11.6 Å². The highest BCUT2D eigenvalue weighted by atomic mass is 35.5. The van der Waals surface area contributed by atoms with E-state index in [1.807, 2.05) is 0 Å². The molecule has 0 saturated carbocycles. The van der Waals surface area contributed by atoms with Gasteiger partial charge < -0.3 is 5.32 Å². The first-order chi connectivity index (χ1) is 8.74. The van der Waals surface area contributed by atoms with E-state index in [4.69, 9.17) is 11.6 Å². The molecule has 1 aromatic heterocycles. The molecule has 0 aliphatic rings. The van der Waals surface area contributed by atoms with Crippen LogP contribution in [0, 0.1) is 10.1 Å². The molecule has 0 bridgehead atoms. The molecular weight excluding hydrogens is 296 g/mol. The number of pyridine rings is 1. The molecule has 0 aliphatic carbocycles. The zero-order valence-corrected chi connectivity index (χ0v) is 11.9. The summed E-state index contributed by atoms with van der Waals surface area (Å²) in [4.78, 5) is 13.6. The van der Waals surface area contributed by atoms with Crippen LogP contribution in [0.1, 0.15) is 0 Å². The van der Waals surface area contributed by atoms with Gasteiger partial charge in [0.05, 0.1) is 15.7 Å². The quantitative estimate of drug-likeness (QED) is 0.619. The van der Waals surface area contributed by atoms with Crippen LogP contribution in [0.3, 0.4) is 0 Å². The van der Waals surface area contributed by atoms with E-state index >= 15 is 0 Å². The molecule has 0 aromatic carbocycles. The van der Waals surface area contributed by atoms with Gasteiger partial charge in [-0.05, 0) is 0 Å². The molecule has 0 spiro atoms. The number of anilines is 1. The molecule has 0 atom stereocenters. The lowest BCUT2D eigenvalue weighted by Gasteiger charge is -2.12. The number of rotatable bonds is 6. The standard InChI is InChI=1S/C9H13ClN4O4S/c1-13(2)19(17,18)4-3-11-9-8(10)5-7(6-12-9)14(15)16/h5-6H,3-4H2,1-2H3,(H,11,12). The Bertz CT molecular complexity index is 576. The third-order valence-corrected chi connectivity index (χ3v) is 4.37. The van der Waals surface area contributed by atoms with Gasteiger partial charge in [-0.2, -0.15) is 0 Å². The highest BCUT2D eigenvalue weighted by molar-refractivity contribution is 7.89. The van der Waals surface area contributed by atoms with Crippen molar-refractivity contribution in [2.45, 2.75) is 0 Å². The van der Waals surface area contributed by atoms with Gasteiger partial charge in [-0.15, -0.1) is 0 Å². The minimum Gasteiger partial charge on any atom is -0.368 e. The second-order valence-corrected chi connectivity index (χ2v) is 6.52. The molecule has 10 heteroatoms. The van der Waals surface area contributed by atoms with Crippen molar-refractivity contribution in [1.29, 1.82) is 0 Å². The Labute approximate surface area is 115 Å². The number of hydrogen-bond donors (Lipinski definition) is 1. The van der Waals surface area contributed by atoms with Crippen molar-refractivity contribution in [3.05, 3.63) is 27.4 Å². The van der Waals surface area contributed by atoms with Crippen molar-refractivity contribution in [3.8, 4) is 0 Å². The predicted octanol–water partition coefficient (Wildman–Crippen LogP) is 0.947. The summed E-state index contributed by atoms with van der Waals surface area (Å²) in [5.74, 6) is 0.0795. The molecule has 0 unspecified atom stereocenters. The van der Waals surface area contributed by atoms with E-state index in [0.29, 0.717) is 0 Å². The Balaban J connectivity index is 2.67. The SMILES string of the molecule is CN(C)S(=O)(=O)CCNc1ncc([N+](=O)[O-])cc1Cl. The molecule has 0 amide bonds. The maximum Gasteiger partial charge on any atom is 0.289 e. The third-order valence-electron chi connectivity index (χ3n) is 2.25. The first-order valence-corrected chi connectivity index (χ1v) is 7.17. The van der Waals surface area contributed by atoms with E-state index < -0.39 is 14.9 Å². The number of aromatic nitrogens is 1. The lowest BCUT2D eigenvalue weighted by atomic mass is 10.4. The Morgan fingerprint density at radius 3 is 2.63 bits per heavy atom. The van der Waals surface area contributed by atoms with Gasteiger partial charge in [0.2, 0.25) is 10.0 Å². The number of halogens is 1. The van der Waals surface area contributed by atoms with Crippen LogP contribution in [0.25, 0.3) is 0 Å². The number of nitrogens with one attached hydrogen (secondary N) is 1. The van der Waals surface area contributed by atoms with Crippen LogP contribution in [-0.2, 0) is 10.0 Å². The Morgan fingerprint density at radius 1 is 1.53 bits per heavy atom. The number of nitrogens with zero attached hydrogens (tertiary/aromatic N) is 3. The smallest absolute Gasteiger partial charge is 0.289 e. The Hall–Kier alpha value is -1.45. The van der Waals surface area contributed by atoms with E-state index in [1.54, 1.807) is 0 Å². The van der Waals surface area contributed by atoms with Crippen molar-refractivity contribution < 1.29 is 13.3 Å². The van der Waals surface area contributed by atoms with E-state index in [1.165, 1.54) is 14.1 Å².